The predicted molar refractivity (Wildman–Crippen MR) is 76.5 cm³/mol. The third kappa shape index (κ3) is 4.67. The Morgan fingerprint density at radius 2 is 2.16 bits per heavy atom. The summed E-state index contributed by atoms with van der Waals surface area (Å²) in [6, 6.07) is 1.85. The second kappa shape index (κ2) is 7.28. The summed E-state index contributed by atoms with van der Waals surface area (Å²) in [4.78, 5) is 10.8. The van der Waals surface area contributed by atoms with Crippen molar-refractivity contribution in [1.29, 1.82) is 0 Å². The lowest BCUT2D eigenvalue weighted by atomic mass is 9.99. The molecule has 0 amide bonds. The highest BCUT2D eigenvalue weighted by molar-refractivity contribution is 5.36. The Morgan fingerprint density at radius 3 is 2.89 bits per heavy atom. The van der Waals surface area contributed by atoms with Crippen LogP contribution in [0.1, 0.15) is 26.7 Å². The van der Waals surface area contributed by atoms with Crippen molar-refractivity contribution in [3.63, 3.8) is 0 Å². The van der Waals surface area contributed by atoms with E-state index in [0.717, 1.165) is 24.8 Å². The molecule has 5 heteroatoms. The number of ether oxygens (including phenoxy) is 1. The summed E-state index contributed by atoms with van der Waals surface area (Å²) in [5.74, 6) is 2.36. The molecule has 5 nitrogen and oxygen atoms in total. The van der Waals surface area contributed by atoms with Gasteiger partial charge in [0.1, 0.15) is 12.1 Å². The average Bonchev–Trinajstić information content (AvgIpc) is 2.42. The number of rotatable bonds is 6. The van der Waals surface area contributed by atoms with E-state index in [0.29, 0.717) is 12.5 Å². The van der Waals surface area contributed by atoms with Crippen LogP contribution in [-0.4, -0.2) is 47.7 Å². The fourth-order valence-corrected chi connectivity index (χ4v) is 2.29. The molecule has 1 aliphatic heterocycles. The van der Waals surface area contributed by atoms with Crippen LogP contribution in [0.15, 0.2) is 12.4 Å². The second-order valence-electron chi connectivity index (χ2n) is 5.13. The molecule has 0 bridgehead atoms. The molecule has 0 aromatic carbocycles. The predicted octanol–water partition coefficient (Wildman–Crippen LogP) is 2.02. The number of aromatic nitrogens is 2. The monoisotopic (exact) mass is 264 g/mol. The highest BCUT2D eigenvalue weighted by atomic mass is 16.5. The minimum absolute atomic E-state index is 0.627. The first-order valence-corrected chi connectivity index (χ1v) is 7.19. The maximum Gasteiger partial charge on any atom is 0.218 e. The van der Waals surface area contributed by atoms with Crippen molar-refractivity contribution in [3.05, 3.63) is 12.4 Å². The van der Waals surface area contributed by atoms with Crippen LogP contribution in [-0.2, 0) is 0 Å². The Hall–Kier alpha value is -1.36. The van der Waals surface area contributed by atoms with Crippen LogP contribution >= 0.6 is 0 Å². The van der Waals surface area contributed by atoms with E-state index in [1.165, 1.54) is 32.3 Å². The molecule has 0 spiro atoms. The fourth-order valence-electron chi connectivity index (χ4n) is 2.29. The Morgan fingerprint density at radius 1 is 1.37 bits per heavy atom. The summed E-state index contributed by atoms with van der Waals surface area (Å²) >= 11 is 0. The molecule has 1 saturated heterocycles. The first-order valence-electron chi connectivity index (χ1n) is 7.19. The van der Waals surface area contributed by atoms with Gasteiger partial charge in [-0.05, 0) is 38.8 Å². The minimum atomic E-state index is 0.627. The van der Waals surface area contributed by atoms with Crippen LogP contribution in [0.3, 0.4) is 0 Å². The van der Waals surface area contributed by atoms with Crippen LogP contribution in [0.2, 0.25) is 0 Å². The molecule has 0 atom stereocenters. The van der Waals surface area contributed by atoms with Crippen LogP contribution in [0.4, 0.5) is 5.82 Å². The van der Waals surface area contributed by atoms with E-state index >= 15 is 0 Å². The normalized spacial score (nSPS) is 17.4. The zero-order chi connectivity index (χ0) is 13.5. The summed E-state index contributed by atoms with van der Waals surface area (Å²) in [6.45, 7) is 9.34. The molecule has 0 saturated carbocycles. The third-order valence-corrected chi connectivity index (χ3v) is 3.54. The van der Waals surface area contributed by atoms with Crippen LogP contribution in [0, 0.1) is 5.92 Å². The summed E-state index contributed by atoms with van der Waals surface area (Å²) in [6.07, 6.45) is 4.18. The van der Waals surface area contributed by atoms with Crippen molar-refractivity contribution in [3.8, 4) is 5.88 Å². The molecule has 2 rings (SSSR count). The number of piperidine rings is 1. The molecule has 1 aliphatic rings. The Balaban J connectivity index is 1.71. The van der Waals surface area contributed by atoms with Crippen molar-refractivity contribution < 1.29 is 4.74 Å². The van der Waals surface area contributed by atoms with E-state index < -0.39 is 0 Å². The molecule has 0 aliphatic carbocycles. The van der Waals surface area contributed by atoms with Gasteiger partial charge in [-0.2, -0.15) is 0 Å². The molecule has 1 aromatic rings. The second-order valence-corrected chi connectivity index (χ2v) is 5.13. The highest BCUT2D eigenvalue weighted by Crippen LogP contribution is 2.15. The van der Waals surface area contributed by atoms with Crippen molar-refractivity contribution in [2.24, 2.45) is 5.92 Å². The standard InChI is InChI=1S/C14H24N4O/c1-3-19-14-10-13(16-11-17-14)15-6-9-18-7-4-12(2)5-8-18/h10-12H,3-9H2,1-2H3,(H,15,16,17). The van der Waals surface area contributed by atoms with E-state index in [1.54, 1.807) is 0 Å². The Bertz CT molecular complexity index is 377. The summed E-state index contributed by atoms with van der Waals surface area (Å²) in [5, 5.41) is 3.33. The Kier molecular flexibility index (Phi) is 5.39. The molecular weight excluding hydrogens is 240 g/mol. The van der Waals surface area contributed by atoms with Gasteiger partial charge in [0.25, 0.3) is 0 Å². The molecule has 1 aromatic heterocycles. The summed E-state index contributed by atoms with van der Waals surface area (Å²) in [7, 11) is 0. The molecule has 106 valence electrons. The average molecular weight is 264 g/mol. The van der Waals surface area contributed by atoms with E-state index in [2.05, 4.69) is 27.1 Å². The van der Waals surface area contributed by atoms with Gasteiger partial charge in [-0.3, -0.25) is 0 Å². The largest absolute Gasteiger partial charge is 0.478 e. The van der Waals surface area contributed by atoms with E-state index in [-0.39, 0.29) is 0 Å². The molecule has 1 N–H and O–H groups in total. The van der Waals surface area contributed by atoms with Crippen LogP contribution in [0.25, 0.3) is 0 Å². The van der Waals surface area contributed by atoms with Crippen LogP contribution in [0.5, 0.6) is 5.88 Å². The van der Waals surface area contributed by atoms with Gasteiger partial charge in [-0.25, -0.2) is 9.97 Å². The third-order valence-electron chi connectivity index (χ3n) is 3.54. The summed E-state index contributed by atoms with van der Waals surface area (Å²) < 4.78 is 5.35. The van der Waals surface area contributed by atoms with Crippen molar-refractivity contribution in [2.45, 2.75) is 26.7 Å². The maximum absolute atomic E-state index is 5.35. The number of hydrogen-bond donors (Lipinski definition) is 1. The SMILES string of the molecule is CCOc1cc(NCCN2CCC(C)CC2)ncn1. The van der Waals surface area contributed by atoms with E-state index in [4.69, 9.17) is 4.74 Å². The lowest BCUT2D eigenvalue weighted by Gasteiger charge is -2.30. The molecule has 19 heavy (non-hydrogen) atoms. The molecule has 2 heterocycles. The van der Waals surface area contributed by atoms with E-state index in [1.807, 2.05) is 13.0 Å². The lowest BCUT2D eigenvalue weighted by Crippen LogP contribution is -2.36. The number of nitrogens with zero attached hydrogens (tertiary/aromatic N) is 3. The van der Waals surface area contributed by atoms with Gasteiger partial charge in [0.2, 0.25) is 5.88 Å². The Labute approximate surface area is 115 Å². The maximum atomic E-state index is 5.35. The van der Waals surface area contributed by atoms with E-state index in [9.17, 15) is 0 Å². The molecule has 0 unspecified atom stereocenters. The number of likely N-dealkylation sites (tertiary alicyclic amines) is 1. The quantitative estimate of drug-likeness (QED) is 0.852. The van der Waals surface area contributed by atoms with Gasteiger partial charge < -0.3 is 15.0 Å². The molecule has 1 fully saturated rings. The number of nitrogens with one attached hydrogen (secondary N) is 1. The fraction of sp³-hybridized carbons (Fsp3) is 0.714. The first kappa shape index (κ1) is 14.1. The van der Waals surface area contributed by atoms with Crippen LogP contribution < -0.4 is 10.1 Å². The van der Waals surface area contributed by atoms with Gasteiger partial charge in [0.15, 0.2) is 0 Å². The van der Waals surface area contributed by atoms with Crippen molar-refractivity contribution >= 4 is 5.82 Å². The molecule has 0 radical (unpaired) electrons. The number of anilines is 1. The van der Waals surface area contributed by atoms with Gasteiger partial charge in [0, 0.05) is 19.2 Å². The summed E-state index contributed by atoms with van der Waals surface area (Å²) in [5.41, 5.74) is 0. The molecular formula is C14H24N4O. The van der Waals surface area contributed by atoms with Gasteiger partial charge in [-0.15, -0.1) is 0 Å². The minimum Gasteiger partial charge on any atom is -0.478 e. The first-order chi connectivity index (χ1) is 9.28. The van der Waals surface area contributed by atoms with Gasteiger partial charge in [-0.1, -0.05) is 6.92 Å². The highest BCUT2D eigenvalue weighted by Gasteiger charge is 2.14. The van der Waals surface area contributed by atoms with Gasteiger partial charge >= 0.3 is 0 Å². The lowest BCUT2D eigenvalue weighted by molar-refractivity contribution is 0.199. The van der Waals surface area contributed by atoms with Crippen molar-refractivity contribution in [2.75, 3.05) is 38.1 Å². The smallest absolute Gasteiger partial charge is 0.218 e. The topological polar surface area (TPSA) is 50.3 Å². The van der Waals surface area contributed by atoms with Crippen molar-refractivity contribution in [1.82, 2.24) is 14.9 Å². The zero-order valence-corrected chi connectivity index (χ0v) is 11.9. The zero-order valence-electron chi connectivity index (χ0n) is 11.9. The number of hydrogen-bond acceptors (Lipinski definition) is 5. The van der Waals surface area contributed by atoms with Gasteiger partial charge in [0.05, 0.1) is 6.61 Å².